The van der Waals surface area contributed by atoms with E-state index in [-0.39, 0.29) is 40.7 Å². The van der Waals surface area contributed by atoms with Crippen molar-refractivity contribution in [3.05, 3.63) is 11.6 Å². The van der Waals surface area contributed by atoms with Gasteiger partial charge < -0.3 is 14.2 Å². The number of hydrogen-bond donors (Lipinski definition) is 0. The number of esters is 1. The lowest BCUT2D eigenvalue weighted by atomic mass is 9.52. The van der Waals surface area contributed by atoms with Gasteiger partial charge in [-0.15, -0.1) is 0 Å². The van der Waals surface area contributed by atoms with E-state index >= 15 is 0 Å². The van der Waals surface area contributed by atoms with Crippen LogP contribution >= 0.6 is 0 Å². The van der Waals surface area contributed by atoms with E-state index in [1.54, 1.807) is 0 Å². The molecule has 2 aliphatic heterocycles. The van der Waals surface area contributed by atoms with Gasteiger partial charge in [0.15, 0.2) is 0 Å². The zero-order chi connectivity index (χ0) is 15.0. The monoisotopic (exact) mass is 292 g/mol. The Kier molecular flexibility index (Phi) is 2.56. The van der Waals surface area contributed by atoms with E-state index in [1.165, 1.54) is 12.5 Å². The first kappa shape index (κ1) is 13.8. The summed E-state index contributed by atoms with van der Waals surface area (Å²) in [5, 5.41) is 0. The van der Waals surface area contributed by atoms with Crippen LogP contribution in [0.15, 0.2) is 11.6 Å². The van der Waals surface area contributed by atoms with Gasteiger partial charge in [0.25, 0.3) is 0 Å². The van der Waals surface area contributed by atoms with Gasteiger partial charge in [-0.05, 0) is 19.8 Å². The van der Waals surface area contributed by atoms with Crippen LogP contribution in [-0.2, 0) is 19.0 Å². The summed E-state index contributed by atoms with van der Waals surface area (Å²) >= 11 is 0. The second kappa shape index (κ2) is 3.90. The van der Waals surface area contributed by atoms with Crippen LogP contribution in [0.1, 0.15) is 47.0 Å². The highest BCUT2D eigenvalue weighted by atomic mass is 16.6. The van der Waals surface area contributed by atoms with Crippen LogP contribution in [0.3, 0.4) is 0 Å². The van der Waals surface area contributed by atoms with Crippen LogP contribution in [0, 0.1) is 10.8 Å². The molecule has 21 heavy (non-hydrogen) atoms. The lowest BCUT2D eigenvalue weighted by molar-refractivity contribution is -0.210. The van der Waals surface area contributed by atoms with Crippen molar-refractivity contribution in [2.45, 2.75) is 70.9 Å². The van der Waals surface area contributed by atoms with Crippen molar-refractivity contribution in [1.29, 1.82) is 0 Å². The molecule has 0 N–H and O–H groups in total. The van der Waals surface area contributed by atoms with Gasteiger partial charge in [-0.25, -0.2) is 0 Å². The smallest absolute Gasteiger partial charge is 0.302 e. The molecule has 1 saturated carbocycles. The lowest BCUT2D eigenvalue weighted by Crippen LogP contribution is -2.63. The number of carbonyl (C=O) groups is 1. The molecular weight excluding hydrogens is 268 g/mol. The largest absolute Gasteiger partial charge is 0.462 e. The zero-order valence-electron chi connectivity index (χ0n) is 13.3. The molecule has 3 fully saturated rings. The average molecular weight is 292 g/mol. The van der Waals surface area contributed by atoms with Gasteiger partial charge >= 0.3 is 5.97 Å². The molecule has 2 heterocycles. The molecule has 6 atom stereocenters. The maximum Gasteiger partial charge on any atom is 0.302 e. The fourth-order valence-corrected chi connectivity index (χ4v) is 5.22. The summed E-state index contributed by atoms with van der Waals surface area (Å²) < 4.78 is 18.1. The molecule has 2 aliphatic carbocycles. The minimum atomic E-state index is -0.239. The molecule has 1 spiro atoms. The van der Waals surface area contributed by atoms with Crippen molar-refractivity contribution in [1.82, 2.24) is 0 Å². The molecule has 0 unspecified atom stereocenters. The van der Waals surface area contributed by atoms with Gasteiger partial charge in [0.2, 0.25) is 0 Å². The van der Waals surface area contributed by atoms with E-state index in [2.05, 4.69) is 26.8 Å². The van der Waals surface area contributed by atoms with Crippen LogP contribution in [0.25, 0.3) is 0 Å². The molecule has 4 aliphatic rings. The maximum absolute atomic E-state index is 11.6. The lowest BCUT2D eigenvalue weighted by Gasteiger charge is -2.57. The maximum atomic E-state index is 11.6. The van der Waals surface area contributed by atoms with Gasteiger partial charge in [0.1, 0.15) is 11.7 Å². The van der Waals surface area contributed by atoms with Crippen molar-refractivity contribution in [2.75, 3.05) is 6.61 Å². The van der Waals surface area contributed by atoms with Gasteiger partial charge in [-0.1, -0.05) is 25.5 Å². The number of fused-ring (bicyclic) bond motifs is 2. The van der Waals surface area contributed by atoms with Crippen LogP contribution in [0.4, 0.5) is 0 Å². The highest BCUT2D eigenvalue weighted by molar-refractivity contribution is 5.66. The van der Waals surface area contributed by atoms with Crippen molar-refractivity contribution < 1.29 is 19.0 Å². The highest BCUT2D eigenvalue weighted by Gasteiger charge is 2.81. The second-order valence-corrected chi connectivity index (χ2v) is 7.69. The number of ether oxygens (including phenoxy) is 3. The first-order valence-electron chi connectivity index (χ1n) is 7.97. The minimum Gasteiger partial charge on any atom is -0.462 e. The predicted molar refractivity (Wildman–Crippen MR) is 76.7 cm³/mol. The third-order valence-electron chi connectivity index (χ3n) is 6.83. The third kappa shape index (κ3) is 1.45. The van der Waals surface area contributed by atoms with Gasteiger partial charge in [0.05, 0.1) is 18.8 Å². The number of carbonyl (C=O) groups excluding carboxylic acids is 1. The standard InChI is InChI=1S/C17H24O4/c1-10-5-6-15(3)12(7-10)21-14-8-13(20-11(2)18)16(15,4)17(14)9-19-17/h7,12-14H,5-6,8-9H2,1-4H3/t12-,13+,14-,15-,16-,17-/m0/s1. The Hall–Kier alpha value is -0.870. The van der Waals surface area contributed by atoms with Crippen molar-refractivity contribution >= 4 is 5.97 Å². The van der Waals surface area contributed by atoms with E-state index in [4.69, 9.17) is 14.2 Å². The van der Waals surface area contributed by atoms with E-state index in [9.17, 15) is 4.79 Å². The third-order valence-corrected chi connectivity index (χ3v) is 6.83. The molecular formula is C17H24O4. The predicted octanol–water partition coefficient (Wildman–Crippen LogP) is 2.61. The summed E-state index contributed by atoms with van der Waals surface area (Å²) in [5.74, 6) is -0.202. The zero-order valence-corrected chi connectivity index (χ0v) is 13.3. The summed E-state index contributed by atoms with van der Waals surface area (Å²) in [6.45, 7) is 8.96. The van der Waals surface area contributed by atoms with E-state index < -0.39 is 0 Å². The molecule has 116 valence electrons. The summed E-state index contributed by atoms with van der Waals surface area (Å²) in [7, 11) is 0. The summed E-state index contributed by atoms with van der Waals surface area (Å²) in [4.78, 5) is 11.6. The number of rotatable bonds is 1. The Bertz CT molecular complexity index is 535. The topological polar surface area (TPSA) is 48.1 Å². The molecule has 0 aromatic heterocycles. The second-order valence-electron chi connectivity index (χ2n) is 7.69. The Labute approximate surface area is 125 Å². The van der Waals surface area contributed by atoms with Crippen LogP contribution in [-0.4, -0.2) is 36.5 Å². The molecule has 4 nitrogen and oxygen atoms in total. The number of hydrogen-bond acceptors (Lipinski definition) is 4. The van der Waals surface area contributed by atoms with E-state index in [0.29, 0.717) is 0 Å². The Balaban J connectivity index is 1.82. The SMILES string of the molecule is CC(=O)O[C@@H]1C[C@@H]2O[C@H]3C=C(C)CC[C@]3(C)[C@@]1(C)[C@]21CO1. The molecule has 4 rings (SSSR count). The molecule has 0 radical (unpaired) electrons. The molecule has 2 bridgehead atoms. The van der Waals surface area contributed by atoms with Crippen molar-refractivity contribution in [3.63, 3.8) is 0 Å². The molecule has 2 saturated heterocycles. The van der Waals surface area contributed by atoms with Gasteiger partial charge in [0, 0.05) is 24.2 Å². The first-order chi connectivity index (χ1) is 9.83. The first-order valence-corrected chi connectivity index (χ1v) is 7.97. The molecule has 0 aromatic rings. The van der Waals surface area contributed by atoms with Gasteiger partial charge in [-0.2, -0.15) is 0 Å². The average Bonchev–Trinajstić information content (AvgIpc) is 3.16. The Morgan fingerprint density at radius 3 is 2.76 bits per heavy atom. The minimum absolute atomic E-state index is 0.0455. The van der Waals surface area contributed by atoms with Crippen LogP contribution in [0.5, 0.6) is 0 Å². The quantitative estimate of drug-likeness (QED) is 0.423. The van der Waals surface area contributed by atoms with Crippen molar-refractivity contribution in [3.8, 4) is 0 Å². The molecule has 4 heteroatoms. The fourth-order valence-electron chi connectivity index (χ4n) is 5.22. The number of allylic oxidation sites excluding steroid dienone is 1. The van der Waals surface area contributed by atoms with E-state index in [1.807, 2.05) is 0 Å². The van der Waals surface area contributed by atoms with E-state index in [0.717, 1.165) is 25.9 Å². The fraction of sp³-hybridized carbons (Fsp3) is 0.824. The summed E-state index contributed by atoms with van der Waals surface area (Å²) in [6.07, 6.45) is 5.23. The Morgan fingerprint density at radius 2 is 2.14 bits per heavy atom. The highest BCUT2D eigenvalue weighted by Crippen LogP contribution is 2.71. The van der Waals surface area contributed by atoms with Crippen LogP contribution in [0.2, 0.25) is 0 Å². The van der Waals surface area contributed by atoms with Crippen molar-refractivity contribution in [2.24, 2.45) is 10.8 Å². The molecule has 0 aromatic carbocycles. The summed E-state index contributed by atoms with van der Waals surface area (Å²) in [5.41, 5.74) is 0.946. The molecule has 0 amide bonds. The van der Waals surface area contributed by atoms with Crippen LogP contribution < -0.4 is 0 Å². The summed E-state index contributed by atoms with van der Waals surface area (Å²) in [6, 6.07) is 0. The normalized spacial score (nSPS) is 54.1. The number of epoxide rings is 1. The Morgan fingerprint density at radius 1 is 1.43 bits per heavy atom. The van der Waals surface area contributed by atoms with Gasteiger partial charge in [-0.3, -0.25) is 4.79 Å².